The van der Waals surface area contributed by atoms with E-state index in [1.54, 1.807) is 0 Å². The molecule has 104 valence electrons. The molecule has 2 aromatic rings. The lowest BCUT2D eigenvalue weighted by Crippen LogP contribution is -2.09. The summed E-state index contributed by atoms with van der Waals surface area (Å²) in [5.41, 5.74) is -0.785. The van der Waals surface area contributed by atoms with Gasteiger partial charge in [-0.05, 0) is 12.1 Å². The van der Waals surface area contributed by atoms with E-state index in [0.717, 1.165) is 24.3 Å². The summed E-state index contributed by atoms with van der Waals surface area (Å²) in [6.45, 7) is 0. The molecule has 0 radical (unpaired) electrons. The zero-order valence-corrected chi connectivity index (χ0v) is 10.3. The minimum absolute atomic E-state index is 0.0254. The summed E-state index contributed by atoms with van der Waals surface area (Å²) < 4.78 is 42.2. The summed E-state index contributed by atoms with van der Waals surface area (Å²) in [5.74, 6) is -0.527. The number of hydrogen-bond donors (Lipinski definition) is 0. The molecule has 4 nitrogen and oxygen atoms in total. The van der Waals surface area contributed by atoms with Gasteiger partial charge in [-0.15, -0.1) is 0 Å². The molecule has 0 aliphatic heterocycles. The van der Waals surface area contributed by atoms with Crippen LogP contribution in [0.4, 0.5) is 13.2 Å². The van der Waals surface area contributed by atoms with Crippen LogP contribution in [0.1, 0.15) is 21.6 Å². The van der Waals surface area contributed by atoms with E-state index in [2.05, 4.69) is 9.97 Å². The lowest BCUT2D eigenvalue weighted by Gasteiger charge is -2.08. The third-order valence-corrected chi connectivity index (χ3v) is 2.55. The molecule has 0 aliphatic rings. The first-order valence-corrected chi connectivity index (χ1v) is 5.50. The average molecular weight is 282 g/mol. The highest BCUT2D eigenvalue weighted by Crippen LogP contribution is 2.29. The molecular weight excluding hydrogens is 273 g/mol. The second-order valence-electron chi connectivity index (χ2n) is 3.82. The van der Waals surface area contributed by atoms with Crippen molar-refractivity contribution in [2.24, 2.45) is 0 Å². The normalized spacial score (nSPS) is 11.2. The molecular formula is C13H9F3N2O2. The molecule has 0 atom stereocenters. The Morgan fingerprint density at radius 2 is 1.70 bits per heavy atom. The number of ketones is 1. The first-order chi connectivity index (χ1) is 9.43. The van der Waals surface area contributed by atoms with Crippen LogP contribution in [0.15, 0.2) is 36.7 Å². The Morgan fingerprint density at radius 1 is 1.10 bits per heavy atom. The summed E-state index contributed by atoms with van der Waals surface area (Å²) in [5, 5.41) is 0. The molecule has 0 amide bonds. The van der Waals surface area contributed by atoms with Crippen LogP contribution in [0.2, 0.25) is 0 Å². The smallest absolute Gasteiger partial charge is 0.416 e. The molecule has 20 heavy (non-hydrogen) atoms. The predicted molar refractivity (Wildman–Crippen MR) is 63.5 cm³/mol. The second-order valence-corrected chi connectivity index (χ2v) is 3.82. The summed E-state index contributed by atoms with van der Waals surface area (Å²) >= 11 is 0. The van der Waals surface area contributed by atoms with E-state index >= 15 is 0 Å². The molecule has 1 heterocycles. The lowest BCUT2D eigenvalue weighted by molar-refractivity contribution is -0.137. The van der Waals surface area contributed by atoms with Crippen molar-refractivity contribution in [3.05, 3.63) is 53.5 Å². The maximum Gasteiger partial charge on any atom is 0.416 e. The van der Waals surface area contributed by atoms with Crippen LogP contribution in [0.25, 0.3) is 0 Å². The van der Waals surface area contributed by atoms with Gasteiger partial charge in [-0.3, -0.25) is 4.79 Å². The minimum Gasteiger partial charge on any atom is -0.479 e. The van der Waals surface area contributed by atoms with Crippen molar-refractivity contribution in [1.29, 1.82) is 0 Å². The van der Waals surface area contributed by atoms with Gasteiger partial charge in [-0.2, -0.15) is 13.2 Å². The third kappa shape index (κ3) is 2.76. The first kappa shape index (κ1) is 14.0. The van der Waals surface area contributed by atoms with Gasteiger partial charge in [0.15, 0.2) is 5.69 Å². The molecule has 0 bridgehead atoms. The Kier molecular flexibility index (Phi) is 3.69. The van der Waals surface area contributed by atoms with Gasteiger partial charge in [0.05, 0.1) is 12.7 Å². The zero-order valence-electron chi connectivity index (χ0n) is 10.3. The van der Waals surface area contributed by atoms with Gasteiger partial charge in [0.25, 0.3) is 0 Å². The molecule has 0 aliphatic carbocycles. The number of halogens is 3. The van der Waals surface area contributed by atoms with E-state index in [1.165, 1.54) is 19.5 Å². The van der Waals surface area contributed by atoms with Gasteiger partial charge < -0.3 is 4.74 Å². The largest absolute Gasteiger partial charge is 0.479 e. The fraction of sp³-hybridized carbons (Fsp3) is 0.154. The topological polar surface area (TPSA) is 52.1 Å². The molecule has 0 spiro atoms. The summed E-state index contributed by atoms with van der Waals surface area (Å²) in [4.78, 5) is 19.8. The number of hydrogen-bond acceptors (Lipinski definition) is 4. The highest BCUT2D eigenvalue weighted by Gasteiger charge is 2.30. The van der Waals surface area contributed by atoms with Crippen LogP contribution in [0, 0.1) is 0 Å². The highest BCUT2D eigenvalue weighted by atomic mass is 19.4. The average Bonchev–Trinajstić information content (AvgIpc) is 2.45. The van der Waals surface area contributed by atoms with Gasteiger partial charge in [-0.25, -0.2) is 9.97 Å². The van der Waals surface area contributed by atoms with Crippen LogP contribution in [-0.4, -0.2) is 22.9 Å². The quantitative estimate of drug-likeness (QED) is 0.812. The van der Waals surface area contributed by atoms with Crippen LogP contribution >= 0.6 is 0 Å². The third-order valence-electron chi connectivity index (χ3n) is 2.55. The standard InChI is InChI=1S/C13H9F3N2O2/c1-20-12-10(17-6-7-18-12)11(19)8-2-4-9(5-3-8)13(14,15)16/h2-7H,1H3. The first-order valence-electron chi connectivity index (χ1n) is 5.50. The number of rotatable bonds is 3. The Labute approximate surface area is 112 Å². The zero-order chi connectivity index (χ0) is 14.8. The number of nitrogens with zero attached hydrogens (tertiary/aromatic N) is 2. The van der Waals surface area contributed by atoms with Gasteiger partial charge >= 0.3 is 6.18 Å². The van der Waals surface area contributed by atoms with Crippen molar-refractivity contribution in [1.82, 2.24) is 9.97 Å². The van der Waals surface area contributed by atoms with Crippen molar-refractivity contribution in [3.8, 4) is 5.88 Å². The maximum atomic E-state index is 12.4. The summed E-state index contributed by atoms with van der Waals surface area (Å²) in [6, 6.07) is 3.88. The summed E-state index contributed by atoms with van der Waals surface area (Å²) in [7, 11) is 1.33. The van der Waals surface area contributed by atoms with Gasteiger partial charge in [0.2, 0.25) is 11.7 Å². The highest BCUT2D eigenvalue weighted by molar-refractivity contribution is 6.09. The molecule has 0 saturated heterocycles. The van der Waals surface area contributed by atoms with E-state index in [4.69, 9.17) is 4.74 Å². The number of alkyl halides is 3. The van der Waals surface area contributed by atoms with Crippen molar-refractivity contribution in [2.75, 3.05) is 7.11 Å². The van der Waals surface area contributed by atoms with Crippen LogP contribution in [-0.2, 0) is 6.18 Å². The Balaban J connectivity index is 2.34. The van der Waals surface area contributed by atoms with E-state index in [-0.39, 0.29) is 17.1 Å². The summed E-state index contributed by atoms with van der Waals surface area (Å²) in [6.07, 6.45) is -1.78. The number of benzene rings is 1. The van der Waals surface area contributed by atoms with E-state index in [1.807, 2.05) is 0 Å². The maximum absolute atomic E-state index is 12.4. The molecule has 0 unspecified atom stereocenters. The monoisotopic (exact) mass is 282 g/mol. The molecule has 7 heteroatoms. The van der Waals surface area contributed by atoms with Crippen molar-refractivity contribution >= 4 is 5.78 Å². The number of ether oxygens (including phenoxy) is 1. The fourth-order valence-electron chi connectivity index (χ4n) is 1.58. The molecule has 2 rings (SSSR count). The number of aromatic nitrogens is 2. The van der Waals surface area contributed by atoms with Crippen molar-refractivity contribution < 1.29 is 22.7 Å². The lowest BCUT2D eigenvalue weighted by atomic mass is 10.1. The second kappa shape index (κ2) is 5.28. The number of carbonyl (C=O) groups is 1. The fourth-order valence-corrected chi connectivity index (χ4v) is 1.58. The van der Waals surface area contributed by atoms with E-state index in [0.29, 0.717) is 0 Å². The van der Waals surface area contributed by atoms with Crippen LogP contribution in [0.5, 0.6) is 5.88 Å². The Morgan fingerprint density at radius 3 is 2.25 bits per heavy atom. The van der Waals surface area contributed by atoms with Crippen molar-refractivity contribution in [2.45, 2.75) is 6.18 Å². The SMILES string of the molecule is COc1nccnc1C(=O)c1ccc(C(F)(F)F)cc1. The van der Waals surface area contributed by atoms with Gasteiger partial charge in [-0.1, -0.05) is 12.1 Å². The van der Waals surface area contributed by atoms with E-state index in [9.17, 15) is 18.0 Å². The molecule has 1 aromatic heterocycles. The molecule has 0 N–H and O–H groups in total. The van der Waals surface area contributed by atoms with Gasteiger partial charge in [0, 0.05) is 18.0 Å². The Hall–Kier alpha value is -2.44. The molecule has 0 fully saturated rings. The van der Waals surface area contributed by atoms with Crippen molar-refractivity contribution in [3.63, 3.8) is 0 Å². The number of methoxy groups -OCH3 is 1. The molecule has 0 saturated carbocycles. The Bertz CT molecular complexity index is 624. The van der Waals surface area contributed by atoms with Gasteiger partial charge in [0.1, 0.15) is 0 Å². The minimum atomic E-state index is -4.44. The molecule has 1 aromatic carbocycles. The van der Waals surface area contributed by atoms with Crippen LogP contribution in [0.3, 0.4) is 0 Å². The van der Waals surface area contributed by atoms with Crippen LogP contribution < -0.4 is 4.74 Å². The van der Waals surface area contributed by atoms with E-state index < -0.39 is 17.5 Å². The predicted octanol–water partition coefficient (Wildman–Crippen LogP) is 2.74. The number of carbonyl (C=O) groups excluding carboxylic acids is 1.